The van der Waals surface area contributed by atoms with Crippen LogP contribution in [0.2, 0.25) is 0 Å². The van der Waals surface area contributed by atoms with Gasteiger partial charge in [0.1, 0.15) is 10.7 Å². The van der Waals surface area contributed by atoms with Crippen LogP contribution in [0.15, 0.2) is 23.1 Å². The summed E-state index contributed by atoms with van der Waals surface area (Å²) in [4.78, 5) is -0.685. The minimum atomic E-state index is -4.46. The summed E-state index contributed by atoms with van der Waals surface area (Å²) in [5.41, 5.74) is 0. The fourth-order valence-electron chi connectivity index (χ4n) is 0.798. The molecular weight excluding hydrogens is 202 g/mol. The Balaban J connectivity index is 3.53. The molecule has 1 N–H and O–H groups in total. The molecule has 3 nitrogen and oxygen atoms in total. The highest BCUT2D eigenvalue weighted by Gasteiger charge is 2.17. The fourth-order valence-corrected chi connectivity index (χ4v) is 2.17. The van der Waals surface area contributed by atoms with E-state index in [1.807, 2.05) is 9.24 Å². The molecule has 0 aliphatic heterocycles. The highest BCUT2D eigenvalue weighted by Crippen LogP contribution is 2.12. The summed E-state index contributed by atoms with van der Waals surface area (Å²) in [6.07, 6.45) is 0. The summed E-state index contributed by atoms with van der Waals surface area (Å²) >= 11 is 0. The van der Waals surface area contributed by atoms with Gasteiger partial charge in [0.25, 0.3) is 10.1 Å². The van der Waals surface area contributed by atoms with Crippen LogP contribution in [0, 0.1) is 5.82 Å². The van der Waals surface area contributed by atoms with Gasteiger partial charge in [-0.1, -0.05) is 12.1 Å². The van der Waals surface area contributed by atoms with E-state index in [9.17, 15) is 12.8 Å². The third-order valence-corrected chi connectivity index (χ3v) is 2.89. The van der Waals surface area contributed by atoms with Crippen molar-refractivity contribution >= 4 is 24.7 Å². The quantitative estimate of drug-likeness (QED) is 0.542. The predicted octanol–water partition coefficient (Wildman–Crippen LogP) is 0.573. The zero-order valence-corrected chi connectivity index (χ0v) is 7.83. The van der Waals surface area contributed by atoms with Gasteiger partial charge in [0.15, 0.2) is 0 Å². The first kappa shape index (κ1) is 9.58. The maximum atomic E-state index is 12.8. The van der Waals surface area contributed by atoms with Gasteiger partial charge in [-0.25, -0.2) is 4.39 Å². The van der Waals surface area contributed by atoms with Crippen LogP contribution in [0.4, 0.5) is 4.39 Å². The molecule has 1 aromatic rings. The highest BCUT2D eigenvalue weighted by molar-refractivity contribution is 7.86. The van der Waals surface area contributed by atoms with Gasteiger partial charge in [-0.2, -0.15) is 8.42 Å². The molecule has 0 aromatic heterocycles. The van der Waals surface area contributed by atoms with Gasteiger partial charge in [0.2, 0.25) is 0 Å². The Kier molecular flexibility index (Phi) is 2.46. The zero-order chi connectivity index (χ0) is 9.35. The maximum Gasteiger partial charge on any atom is 0.298 e. The van der Waals surface area contributed by atoms with Gasteiger partial charge < -0.3 is 0 Å². The third-order valence-electron chi connectivity index (χ3n) is 1.26. The largest absolute Gasteiger partial charge is 0.298 e. The Labute approximate surface area is 71.6 Å². The van der Waals surface area contributed by atoms with E-state index in [0.29, 0.717) is 0 Å². The molecule has 0 fully saturated rings. The Hall–Kier alpha value is -0.510. The molecule has 0 amide bonds. The molecule has 0 saturated carbocycles. The molecule has 0 saturated heterocycles. The molecule has 0 heterocycles. The average molecular weight is 208 g/mol. The Morgan fingerprint density at radius 3 is 2.33 bits per heavy atom. The van der Waals surface area contributed by atoms with E-state index >= 15 is 0 Å². The lowest BCUT2D eigenvalue weighted by Gasteiger charge is -2.01. The minimum absolute atomic E-state index is 0.109. The van der Waals surface area contributed by atoms with Crippen LogP contribution in [-0.4, -0.2) is 13.0 Å². The molecule has 0 spiro atoms. The Bertz CT molecular complexity index is 381. The lowest BCUT2D eigenvalue weighted by Crippen LogP contribution is -2.11. The molecule has 1 unspecified atom stereocenters. The van der Waals surface area contributed by atoms with Crippen LogP contribution in [0.5, 0.6) is 0 Å². The highest BCUT2D eigenvalue weighted by atomic mass is 32.2. The van der Waals surface area contributed by atoms with Gasteiger partial charge >= 0.3 is 0 Å². The smallest absolute Gasteiger partial charge is 0.282 e. The molecule has 0 bridgehead atoms. The van der Waals surface area contributed by atoms with E-state index in [1.54, 1.807) is 0 Å². The normalized spacial score (nSPS) is 11.6. The monoisotopic (exact) mass is 208 g/mol. The Morgan fingerprint density at radius 2 is 2.00 bits per heavy atom. The van der Waals surface area contributed by atoms with E-state index in [0.717, 1.165) is 6.07 Å². The molecule has 6 heteroatoms. The van der Waals surface area contributed by atoms with Gasteiger partial charge in [0, 0.05) is 0 Å². The maximum absolute atomic E-state index is 12.8. The van der Waals surface area contributed by atoms with Crippen LogP contribution in [0.3, 0.4) is 0 Å². The molecule has 1 rings (SSSR count). The van der Waals surface area contributed by atoms with Crippen molar-refractivity contribution in [3.05, 3.63) is 24.0 Å². The van der Waals surface area contributed by atoms with Crippen molar-refractivity contribution in [2.75, 3.05) is 0 Å². The first-order valence-electron chi connectivity index (χ1n) is 2.94. The van der Waals surface area contributed by atoms with Crippen LogP contribution in [0.25, 0.3) is 0 Å². The summed E-state index contributed by atoms with van der Waals surface area (Å²) in [5, 5.41) is 0.109. The first-order chi connectivity index (χ1) is 5.43. The molecule has 0 radical (unpaired) electrons. The van der Waals surface area contributed by atoms with Gasteiger partial charge in [0.05, 0.1) is 0 Å². The topological polar surface area (TPSA) is 54.4 Å². The summed E-state index contributed by atoms with van der Waals surface area (Å²) in [6, 6.07) is 3.69. The molecule has 0 aliphatic rings. The number of benzene rings is 1. The van der Waals surface area contributed by atoms with Crippen LogP contribution < -0.4 is 5.30 Å². The molecular formula is C6H6FO3PS. The van der Waals surface area contributed by atoms with Crippen molar-refractivity contribution < 1.29 is 17.4 Å². The van der Waals surface area contributed by atoms with Crippen molar-refractivity contribution in [2.24, 2.45) is 0 Å². The van der Waals surface area contributed by atoms with Crippen molar-refractivity contribution in [1.82, 2.24) is 0 Å². The summed E-state index contributed by atoms with van der Waals surface area (Å²) < 4.78 is 42.5. The minimum Gasteiger partial charge on any atom is -0.282 e. The molecule has 12 heavy (non-hydrogen) atoms. The lowest BCUT2D eigenvalue weighted by molar-refractivity contribution is 0.474. The second kappa shape index (κ2) is 3.09. The van der Waals surface area contributed by atoms with E-state index in [1.165, 1.54) is 12.1 Å². The van der Waals surface area contributed by atoms with E-state index in [4.69, 9.17) is 4.55 Å². The van der Waals surface area contributed by atoms with Crippen molar-refractivity contribution in [3.8, 4) is 0 Å². The van der Waals surface area contributed by atoms with E-state index in [-0.39, 0.29) is 5.30 Å². The van der Waals surface area contributed by atoms with Crippen molar-refractivity contribution in [3.63, 3.8) is 0 Å². The van der Waals surface area contributed by atoms with E-state index < -0.39 is 20.8 Å². The third kappa shape index (κ3) is 1.80. The first-order valence-corrected chi connectivity index (χ1v) is 4.96. The van der Waals surface area contributed by atoms with Gasteiger partial charge in [-0.05, 0) is 11.4 Å². The van der Waals surface area contributed by atoms with Crippen LogP contribution >= 0.6 is 9.24 Å². The number of hydrogen-bond donors (Lipinski definition) is 1. The average Bonchev–Trinajstić information content (AvgIpc) is 1.82. The van der Waals surface area contributed by atoms with Crippen molar-refractivity contribution in [1.29, 1.82) is 0 Å². The summed E-state index contributed by atoms with van der Waals surface area (Å²) in [6.45, 7) is 0. The number of hydrogen-bond acceptors (Lipinski definition) is 2. The van der Waals surface area contributed by atoms with Crippen molar-refractivity contribution in [2.45, 2.75) is 4.90 Å². The second-order valence-electron chi connectivity index (χ2n) is 2.13. The molecule has 66 valence electrons. The standard InChI is InChI=1S/C6H6FO3PS/c7-4-2-1-3-5(11)6(4)12(8,9)10/h1-3H,11H2,(H,8,9,10). The zero-order valence-electron chi connectivity index (χ0n) is 5.86. The summed E-state index contributed by atoms with van der Waals surface area (Å²) in [7, 11) is -2.43. The molecule has 1 aromatic carbocycles. The number of halogens is 1. The van der Waals surface area contributed by atoms with Gasteiger partial charge in [-0.3, -0.25) is 4.55 Å². The van der Waals surface area contributed by atoms with Crippen LogP contribution in [-0.2, 0) is 10.1 Å². The predicted molar refractivity (Wildman–Crippen MR) is 45.6 cm³/mol. The number of rotatable bonds is 1. The Morgan fingerprint density at radius 1 is 1.42 bits per heavy atom. The van der Waals surface area contributed by atoms with E-state index in [2.05, 4.69) is 0 Å². The fraction of sp³-hybridized carbons (Fsp3) is 0. The lowest BCUT2D eigenvalue weighted by atomic mass is 10.3. The van der Waals surface area contributed by atoms with Crippen LogP contribution in [0.1, 0.15) is 0 Å². The SMILES string of the molecule is O=S(=O)(O)c1c(F)cccc1P. The van der Waals surface area contributed by atoms with Gasteiger partial charge in [-0.15, -0.1) is 9.24 Å². The molecule has 0 aliphatic carbocycles. The summed E-state index contributed by atoms with van der Waals surface area (Å²) in [5.74, 6) is -0.954. The molecule has 1 atom stereocenters. The second-order valence-corrected chi connectivity index (χ2v) is 4.11.